The number of likely N-dealkylation sites (tertiary alicyclic amines) is 1. The SMILES string of the molecule is O=C(C=Cc1ccc(CN2CCC(N3CCNC3=O)CC2)cc1)NO. The first-order valence-electron chi connectivity index (χ1n) is 8.63. The van der Waals surface area contributed by atoms with Gasteiger partial charge >= 0.3 is 6.03 Å². The van der Waals surface area contributed by atoms with E-state index in [9.17, 15) is 9.59 Å². The van der Waals surface area contributed by atoms with Crippen molar-refractivity contribution < 1.29 is 14.8 Å². The number of urea groups is 1. The van der Waals surface area contributed by atoms with Crippen LogP contribution in [0.3, 0.4) is 0 Å². The highest BCUT2D eigenvalue weighted by Gasteiger charge is 2.30. The molecular weight excluding hydrogens is 320 g/mol. The van der Waals surface area contributed by atoms with E-state index in [0.717, 1.165) is 51.1 Å². The summed E-state index contributed by atoms with van der Waals surface area (Å²) in [5.41, 5.74) is 3.70. The second-order valence-electron chi connectivity index (χ2n) is 6.48. The van der Waals surface area contributed by atoms with Gasteiger partial charge in [-0.25, -0.2) is 10.3 Å². The van der Waals surface area contributed by atoms with Crippen molar-refractivity contribution >= 4 is 18.0 Å². The minimum atomic E-state index is -0.543. The Morgan fingerprint density at radius 3 is 2.56 bits per heavy atom. The maximum absolute atomic E-state index is 11.7. The van der Waals surface area contributed by atoms with E-state index in [2.05, 4.69) is 22.3 Å². The van der Waals surface area contributed by atoms with Crippen LogP contribution in [0.2, 0.25) is 0 Å². The normalized spacial score (nSPS) is 19.4. The predicted molar refractivity (Wildman–Crippen MR) is 93.8 cm³/mol. The van der Waals surface area contributed by atoms with Crippen LogP contribution in [0.25, 0.3) is 6.08 Å². The van der Waals surface area contributed by atoms with Gasteiger partial charge in [0.2, 0.25) is 0 Å². The molecule has 25 heavy (non-hydrogen) atoms. The van der Waals surface area contributed by atoms with Gasteiger partial charge in [-0.05, 0) is 30.0 Å². The van der Waals surface area contributed by atoms with Crippen molar-refractivity contribution in [2.75, 3.05) is 26.2 Å². The van der Waals surface area contributed by atoms with Crippen LogP contribution < -0.4 is 10.8 Å². The maximum atomic E-state index is 11.7. The van der Waals surface area contributed by atoms with E-state index in [1.165, 1.54) is 11.6 Å². The minimum absolute atomic E-state index is 0.0805. The lowest BCUT2D eigenvalue weighted by Crippen LogP contribution is -2.45. The Labute approximate surface area is 147 Å². The summed E-state index contributed by atoms with van der Waals surface area (Å²) in [5.74, 6) is -0.543. The Balaban J connectivity index is 1.48. The van der Waals surface area contributed by atoms with E-state index in [0.29, 0.717) is 6.04 Å². The molecule has 7 heteroatoms. The van der Waals surface area contributed by atoms with Crippen molar-refractivity contribution in [1.29, 1.82) is 0 Å². The lowest BCUT2D eigenvalue weighted by atomic mass is 10.0. The van der Waals surface area contributed by atoms with Crippen molar-refractivity contribution in [3.63, 3.8) is 0 Å². The van der Waals surface area contributed by atoms with Gasteiger partial charge in [0.05, 0.1) is 0 Å². The second-order valence-corrected chi connectivity index (χ2v) is 6.48. The Morgan fingerprint density at radius 2 is 1.96 bits per heavy atom. The number of rotatable bonds is 5. The van der Waals surface area contributed by atoms with Crippen LogP contribution in [-0.4, -0.2) is 59.2 Å². The van der Waals surface area contributed by atoms with Crippen molar-refractivity contribution in [2.24, 2.45) is 0 Å². The quantitative estimate of drug-likeness (QED) is 0.426. The molecule has 0 aromatic heterocycles. The highest BCUT2D eigenvalue weighted by atomic mass is 16.5. The van der Waals surface area contributed by atoms with Crippen molar-refractivity contribution in [2.45, 2.75) is 25.4 Å². The van der Waals surface area contributed by atoms with E-state index in [1.807, 2.05) is 17.0 Å². The van der Waals surface area contributed by atoms with E-state index in [4.69, 9.17) is 5.21 Å². The van der Waals surface area contributed by atoms with Gasteiger partial charge in [0.25, 0.3) is 5.91 Å². The highest BCUT2D eigenvalue weighted by Crippen LogP contribution is 2.20. The van der Waals surface area contributed by atoms with Gasteiger partial charge in [-0.1, -0.05) is 24.3 Å². The van der Waals surface area contributed by atoms with Gasteiger partial charge in [-0.2, -0.15) is 0 Å². The fourth-order valence-electron chi connectivity index (χ4n) is 3.43. The second kappa shape index (κ2) is 8.13. The summed E-state index contributed by atoms with van der Waals surface area (Å²) < 4.78 is 0. The van der Waals surface area contributed by atoms with Crippen LogP contribution in [0.5, 0.6) is 0 Å². The molecular formula is C18H24N4O3. The van der Waals surface area contributed by atoms with E-state index >= 15 is 0 Å². The molecule has 2 heterocycles. The van der Waals surface area contributed by atoms with Crippen LogP contribution in [-0.2, 0) is 11.3 Å². The molecule has 1 aromatic rings. The number of benzene rings is 1. The van der Waals surface area contributed by atoms with E-state index in [-0.39, 0.29) is 6.03 Å². The summed E-state index contributed by atoms with van der Waals surface area (Å²) in [6.07, 6.45) is 4.98. The molecule has 7 nitrogen and oxygen atoms in total. The first-order chi connectivity index (χ1) is 12.2. The molecule has 0 spiro atoms. The third-order valence-corrected chi connectivity index (χ3v) is 4.81. The molecule has 3 amide bonds. The summed E-state index contributed by atoms with van der Waals surface area (Å²) in [7, 11) is 0. The molecule has 3 rings (SSSR count). The molecule has 134 valence electrons. The zero-order valence-corrected chi connectivity index (χ0v) is 14.1. The summed E-state index contributed by atoms with van der Waals surface area (Å²) in [5, 5.41) is 11.3. The first kappa shape index (κ1) is 17.4. The van der Waals surface area contributed by atoms with Crippen LogP contribution in [0, 0.1) is 0 Å². The van der Waals surface area contributed by atoms with Gasteiger partial charge < -0.3 is 10.2 Å². The van der Waals surface area contributed by atoms with Gasteiger partial charge in [0.1, 0.15) is 0 Å². The number of piperidine rings is 1. The third kappa shape index (κ3) is 4.58. The molecule has 3 N–H and O–H groups in total. The fourth-order valence-corrected chi connectivity index (χ4v) is 3.43. The monoisotopic (exact) mass is 344 g/mol. The molecule has 1 aromatic carbocycles. The average molecular weight is 344 g/mol. The summed E-state index contributed by atoms with van der Waals surface area (Å²) in [6, 6.07) is 8.46. The fraction of sp³-hybridized carbons (Fsp3) is 0.444. The van der Waals surface area contributed by atoms with Crippen molar-refractivity contribution in [1.82, 2.24) is 20.6 Å². The Morgan fingerprint density at radius 1 is 1.24 bits per heavy atom. The van der Waals surface area contributed by atoms with E-state index < -0.39 is 5.91 Å². The Kier molecular flexibility index (Phi) is 5.67. The molecule has 0 saturated carbocycles. The number of carbonyl (C=O) groups is 2. The number of nitrogens with zero attached hydrogens (tertiary/aromatic N) is 2. The number of hydroxylamine groups is 1. The minimum Gasteiger partial charge on any atom is -0.336 e. The summed E-state index contributed by atoms with van der Waals surface area (Å²) >= 11 is 0. The van der Waals surface area contributed by atoms with E-state index in [1.54, 1.807) is 11.6 Å². The number of carbonyl (C=O) groups excluding carboxylic acids is 2. The topological polar surface area (TPSA) is 84.9 Å². The van der Waals surface area contributed by atoms with Gasteiger partial charge in [0.15, 0.2) is 0 Å². The number of amides is 3. The van der Waals surface area contributed by atoms with Gasteiger partial charge in [0, 0.05) is 44.8 Å². The molecule has 0 aliphatic carbocycles. The average Bonchev–Trinajstić information content (AvgIpc) is 3.07. The van der Waals surface area contributed by atoms with Crippen LogP contribution in [0.4, 0.5) is 4.79 Å². The first-order valence-corrected chi connectivity index (χ1v) is 8.63. The standard InChI is InChI=1S/C18H24N4O3/c23-17(20-25)6-5-14-1-3-15(4-2-14)13-21-10-7-16(8-11-21)22-12-9-19-18(22)24/h1-6,16,25H,7-13H2,(H,19,24)(H,20,23). The van der Waals surface area contributed by atoms with Gasteiger partial charge in [-0.15, -0.1) is 0 Å². The Hall–Kier alpha value is -2.38. The number of hydrogen-bond acceptors (Lipinski definition) is 4. The number of nitrogens with one attached hydrogen (secondary N) is 2. The molecule has 2 aliphatic heterocycles. The van der Waals surface area contributed by atoms with Gasteiger partial charge in [-0.3, -0.25) is 14.9 Å². The molecule has 0 atom stereocenters. The van der Waals surface area contributed by atoms with Crippen molar-refractivity contribution in [3.05, 3.63) is 41.5 Å². The lowest BCUT2D eigenvalue weighted by Gasteiger charge is -2.36. The number of hydrogen-bond donors (Lipinski definition) is 3. The molecule has 2 saturated heterocycles. The van der Waals surface area contributed by atoms with Crippen LogP contribution in [0.1, 0.15) is 24.0 Å². The zero-order chi connectivity index (χ0) is 17.6. The lowest BCUT2D eigenvalue weighted by molar-refractivity contribution is -0.124. The van der Waals surface area contributed by atoms with Crippen LogP contribution >= 0.6 is 0 Å². The highest BCUT2D eigenvalue weighted by molar-refractivity contribution is 5.90. The largest absolute Gasteiger partial charge is 0.336 e. The molecule has 2 aliphatic rings. The molecule has 0 bridgehead atoms. The predicted octanol–water partition coefficient (Wildman–Crippen LogP) is 1.19. The maximum Gasteiger partial charge on any atom is 0.317 e. The summed E-state index contributed by atoms with van der Waals surface area (Å²) in [6.45, 7) is 4.46. The Bertz CT molecular complexity index is 636. The summed E-state index contributed by atoms with van der Waals surface area (Å²) in [4.78, 5) is 27.1. The smallest absolute Gasteiger partial charge is 0.317 e. The molecule has 0 radical (unpaired) electrons. The molecule has 2 fully saturated rings. The zero-order valence-electron chi connectivity index (χ0n) is 14.1. The van der Waals surface area contributed by atoms with Crippen molar-refractivity contribution in [3.8, 4) is 0 Å². The van der Waals surface area contributed by atoms with Crippen LogP contribution in [0.15, 0.2) is 30.3 Å². The third-order valence-electron chi connectivity index (χ3n) is 4.81. The molecule has 0 unspecified atom stereocenters.